The van der Waals surface area contributed by atoms with Gasteiger partial charge in [0.05, 0.1) is 0 Å². The molecule has 18 heavy (non-hydrogen) atoms. The summed E-state index contributed by atoms with van der Waals surface area (Å²) in [5.74, 6) is 0.190. The van der Waals surface area contributed by atoms with E-state index in [-0.39, 0.29) is 11.2 Å². The Morgan fingerprint density at radius 3 is 2.83 bits per heavy atom. The van der Waals surface area contributed by atoms with E-state index in [0.29, 0.717) is 6.54 Å². The minimum absolute atomic E-state index is 0.190. The summed E-state index contributed by atoms with van der Waals surface area (Å²) in [5, 5.41) is 1.99. The molecule has 1 aliphatic carbocycles. The zero-order valence-corrected chi connectivity index (χ0v) is 10.2. The number of benzene rings is 1. The molecule has 0 saturated heterocycles. The van der Waals surface area contributed by atoms with E-state index in [1.165, 1.54) is 0 Å². The largest absolute Gasteiger partial charge is 0.329 e. The number of aromatic nitrogens is 1. The molecule has 0 atom stereocenters. The smallest absolute Gasteiger partial charge is 0.170 e. The molecule has 0 bridgehead atoms. The first-order valence-electron chi connectivity index (χ1n) is 6.34. The molecule has 0 radical (unpaired) electrons. The van der Waals surface area contributed by atoms with Crippen molar-refractivity contribution in [3.8, 4) is 0 Å². The summed E-state index contributed by atoms with van der Waals surface area (Å²) >= 11 is 0. The number of nitrogens with zero attached hydrogens (tertiary/aromatic N) is 1. The third kappa shape index (κ3) is 1.55. The Balaban J connectivity index is 2.12. The predicted molar refractivity (Wildman–Crippen MR) is 71.4 cm³/mol. The Morgan fingerprint density at radius 1 is 1.33 bits per heavy atom. The van der Waals surface area contributed by atoms with E-state index >= 15 is 0 Å². The van der Waals surface area contributed by atoms with Gasteiger partial charge in [-0.15, -0.1) is 0 Å². The van der Waals surface area contributed by atoms with Gasteiger partial charge in [-0.3, -0.25) is 9.78 Å². The Kier molecular flexibility index (Phi) is 2.63. The minimum atomic E-state index is -0.315. The second-order valence-corrected chi connectivity index (χ2v) is 5.07. The van der Waals surface area contributed by atoms with E-state index in [1.54, 1.807) is 12.4 Å². The molecule has 3 heteroatoms. The number of fused-ring (bicyclic) bond motifs is 1. The Labute approximate surface area is 106 Å². The fraction of sp³-hybridized carbons (Fsp3) is 0.333. The monoisotopic (exact) mass is 240 g/mol. The second kappa shape index (κ2) is 4.18. The van der Waals surface area contributed by atoms with Gasteiger partial charge in [0.1, 0.15) is 0 Å². The lowest BCUT2D eigenvalue weighted by atomic mass is 9.64. The highest BCUT2D eigenvalue weighted by Crippen LogP contribution is 2.43. The Morgan fingerprint density at radius 2 is 2.17 bits per heavy atom. The molecule has 1 aromatic heterocycles. The van der Waals surface area contributed by atoms with Crippen molar-refractivity contribution in [2.24, 2.45) is 11.1 Å². The van der Waals surface area contributed by atoms with Crippen LogP contribution in [-0.4, -0.2) is 17.3 Å². The number of hydrogen-bond acceptors (Lipinski definition) is 3. The molecule has 1 aliphatic rings. The number of ketones is 1. The van der Waals surface area contributed by atoms with Crippen LogP contribution in [0.3, 0.4) is 0 Å². The van der Waals surface area contributed by atoms with Crippen LogP contribution >= 0.6 is 0 Å². The SMILES string of the molecule is NCC1(C(=O)c2cccc3ccncc23)CCC1. The zero-order chi connectivity index (χ0) is 12.6. The van der Waals surface area contributed by atoms with Gasteiger partial charge in [-0.1, -0.05) is 24.6 Å². The van der Waals surface area contributed by atoms with Crippen molar-refractivity contribution in [1.29, 1.82) is 0 Å². The van der Waals surface area contributed by atoms with Gasteiger partial charge in [-0.25, -0.2) is 0 Å². The lowest BCUT2D eigenvalue weighted by Gasteiger charge is -2.39. The van der Waals surface area contributed by atoms with Crippen LogP contribution in [0.5, 0.6) is 0 Å². The van der Waals surface area contributed by atoms with Crippen LogP contribution in [0.1, 0.15) is 29.6 Å². The molecule has 3 nitrogen and oxygen atoms in total. The lowest BCUT2D eigenvalue weighted by Crippen LogP contribution is -2.44. The van der Waals surface area contributed by atoms with Gasteiger partial charge in [0, 0.05) is 35.3 Å². The first-order chi connectivity index (χ1) is 8.77. The van der Waals surface area contributed by atoms with Crippen molar-refractivity contribution in [2.75, 3.05) is 6.54 Å². The van der Waals surface area contributed by atoms with E-state index in [0.717, 1.165) is 35.6 Å². The molecule has 2 N–H and O–H groups in total. The van der Waals surface area contributed by atoms with Gasteiger partial charge in [-0.05, 0) is 24.3 Å². The number of Topliss-reactive ketones (excluding diaryl/α,β-unsaturated/α-hetero) is 1. The van der Waals surface area contributed by atoms with Gasteiger partial charge >= 0.3 is 0 Å². The molecular formula is C15H16N2O. The topological polar surface area (TPSA) is 56.0 Å². The molecule has 0 spiro atoms. The number of hydrogen-bond donors (Lipinski definition) is 1. The third-order valence-corrected chi connectivity index (χ3v) is 4.11. The van der Waals surface area contributed by atoms with Crippen molar-refractivity contribution in [3.05, 3.63) is 42.2 Å². The molecular weight excluding hydrogens is 224 g/mol. The molecule has 1 saturated carbocycles. The predicted octanol–water partition coefficient (Wildman–Crippen LogP) is 2.55. The fourth-order valence-electron chi connectivity index (χ4n) is 2.72. The van der Waals surface area contributed by atoms with Gasteiger partial charge in [0.2, 0.25) is 0 Å². The molecule has 92 valence electrons. The first kappa shape index (κ1) is 11.4. The van der Waals surface area contributed by atoms with Crippen LogP contribution in [0.2, 0.25) is 0 Å². The van der Waals surface area contributed by atoms with Crippen LogP contribution in [0.4, 0.5) is 0 Å². The molecule has 0 unspecified atom stereocenters. The Bertz CT molecular complexity index is 591. The molecule has 0 aliphatic heterocycles. The van der Waals surface area contributed by atoms with Crippen LogP contribution in [0, 0.1) is 5.41 Å². The van der Waals surface area contributed by atoms with E-state index < -0.39 is 0 Å². The maximum absolute atomic E-state index is 12.7. The van der Waals surface area contributed by atoms with Gasteiger partial charge in [0.25, 0.3) is 0 Å². The third-order valence-electron chi connectivity index (χ3n) is 4.11. The number of rotatable bonds is 3. The lowest BCUT2D eigenvalue weighted by molar-refractivity contribution is 0.0638. The van der Waals surface area contributed by atoms with Crippen molar-refractivity contribution in [3.63, 3.8) is 0 Å². The number of carbonyl (C=O) groups is 1. The normalized spacial score (nSPS) is 17.4. The van der Waals surface area contributed by atoms with Gasteiger partial charge < -0.3 is 5.73 Å². The average Bonchev–Trinajstić information content (AvgIpc) is 2.37. The maximum Gasteiger partial charge on any atom is 0.170 e. The number of pyridine rings is 1. The van der Waals surface area contributed by atoms with Crippen molar-refractivity contribution >= 4 is 16.6 Å². The van der Waals surface area contributed by atoms with Crippen LogP contribution in [0.25, 0.3) is 10.8 Å². The standard InChI is InChI=1S/C15H16N2O/c16-10-15(6-2-7-15)14(18)12-4-1-3-11-5-8-17-9-13(11)12/h1,3-5,8-9H,2,6-7,10,16H2. The number of nitrogens with two attached hydrogens (primary N) is 1. The zero-order valence-electron chi connectivity index (χ0n) is 10.2. The highest BCUT2D eigenvalue weighted by Gasteiger charge is 2.43. The Hall–Kier alpha value is -1.74. The number of carbonyl (C=O) groups excluding carboxylic acids is 1. The van der Waals surface area contributed by atoms with Crippen molar-refractivity contribution in [1.82, 2.24) is 4.98 Å². The molecule has 1 aromatic carbocycles. The summed E-state index contributed by atoms with van der Waals surface area (Å²) in [6, 6.07) is 7.76. The summed E-state index contributed by atoms with van der Waals surface area (Å²) in [5.41, 5.74) is 6.27. The van der Waals surface area contributed by atoms with Crippen LogP contribution < -0.4 is 5.73 Å². The average molecular weight is 240 g/mol. The summed E-state index contributed by atoms with van der Waals surface area (Å²) in [6.45, 7) is 0.447. The van der Waals surface area contributed by atoms with E-state index in [9.17, 15) is 4.79 Å². The highest BCUT2D eigenvalue weighted by atomic mass is 16.1. The van der Waals surface area contributed by atoms with E-state index in [2.05, 4.69) is 4.98 Å². The van der Waals surface area contributed by atoms with E-state index in [1.807, 2.05) is 24.3 Å². The summed E-state index contributed by atoms with van der Waals surface area (Å²) in [7, 11) is 0. The van der Waals surface area contributed by atoms with Crippen molar-refractivity contribution < 1.29 is 4.79 Å². The summed E-state index contributed by atoms with van der Waals surface area (Å²) < 4.78 is 0. The molecule has 1 heterocycles. The molecule has 2 aromatic rings. The first-order valence-corrected chi connectivity index (χ1v) is 6.34. The van der Waals surface area contributed by atoms with Crippen LogP contribution in [0.15, 0.2) is 36.7 Å². The van der Waals surface area contributed by atoms with E-state index in [4.69, 9.17) is 5.73 Å². The van der Waals surface area contributed by atoms with Crippen molar-refractivity contribution in [2.45, 2.75) is 19.3 Å². The summed E-state index contributed by atoms with van der Waals surface area (Å²) in [4.78, 5) is 16.8. The fourth-order valence-corrected chi connectivity index (χ4v) is 2.72. The van der Waals surface area contributed by atoms with Gasteiger partial charge in [-0.2, -0.15) is 0 Å². The van der Waals surface area contributed by atoms with Gasteiger partial charge in [0.15, 0.2) is 5.78 Å². The quantitative estimate of drug-likeness (QED) is 0.839. The summed E-state index contributed by atoms with van der Waals surface area (Å²) in [6.07, 6.45) is 6.45. The molecule has 3 rings (SSSR count). The second-order valence-electron chi connectivity index (χ2n) is 5.07. The minimum Gasteiger partial charge on any atom is -0.329 e. The molecule has 0 amide bonds. The highest BCUT2D eigenvalue weighted by molar-refractivity contribution is 6.10. The molecule has 1 fully saturated rings. The maximum atomic E-state index is 12.7. The van der Waals surface area contributed by atoms with Crippen LogP contribution in [-0.2, 0) is 0 Å².